The van der Waals surface area contributed by atoms with Crippen LogP contribution in [0.5, 0.6) is 0 Å². The van der Waals surface area contributed by atoms with Crippen molar-refractivity contribution in [2.45, 2.75) is 43.5 Å². The van der Waals surface area contributed by atoms with E-state index < -0.39 is 41.6 Å². The third-order valence-electron chi connectivity index (χ3n) is 7.71. The Bertz CT molecular complexity index is 754. The molecule has 0 radical (unpaired) electrons. The fraction of sp³-hybridized carbons (Fsp3) is 0.913. The van der Waals surface area contributed by atoms with Crippen LogP contribution < -0.4 is 0 Å². The van der Waals surface area contributed by atoms with E-state index in [0.717, 1.165) is 11.5 Å². The van der Waals surface area contributed by atoms with E-state index in [1.54, 1.807) is 35.3 Å². The summed E-state index contributed by atoms with van der Waals surface area (Å²) in [7, 11) is 0. The lowest BCUT2D eigenvalue weighted by Gasteiger charge is -2.47. The molecule has 6 atom stereocenters. The maximum absolute atomic E-state index is 13.9. The van der Waals surface area contributed by atoms with Gasteiger partial charge < -0.3 is 28.8 Å². The number of thioether (sulfide) groups is 3. The predicted molar refractivity (Wildman–Crippen MR) is 131 cm³/mol. The van der Waals surface area contributed by atoms with E-state index in [1.807, 2.05) is 0 Å². The highest BCUT2D eigenvalue weighted by Gasteiger charge is 2.57. The first kappa shape index (κ1) is 25.6. The van der Waals surface area contributed by atoms with Crippen molar-refractivity contribution in [2.75, 3.05) is 60.9 Å². The van der Waals surface area contributed by atoms with Gasteiger partial charge in [0, 0.05) is 48.7 Å². The first-order valence-corrected chi connectivity index (χ1v) is 15.6. The first-order chi connectivity index (χ1) is 16.5. The average molecular weight is 535 g/mol. The summed E-state index contributed by atoms with van der Waals surface area (Å²) in [5, 5.41) is 11.5. The molecule has 5 heterocycles. The normalized spacial score (nSPS) is 37.1. The summed E-state index contributed by atoms with van der Waals surface area (Å²) in [6.07, 6.45) is -0.104. The van der Waals surface area contributed by atoms with Crippen molar-refractivity contribution in [3.8, 4) is 0 Å². The SMILES string of the molecule is CC(=O)O[C@@H]([C@@H]1CSC[C@@H]([C@@H](O)[C@@H]2CSCCC23OCCO3)C1=O)[C@H]1CSCCC12OCCO2. The van der Waals surface area contributed by atoms with Crippen molar-refractivity contribution in [3.05, 3.63) is 0 Å². The third kappa shape index (κ3) is 4.80. The lowest BCUT2D eigenvalue weighted by atomic mass is 9.76. The Morgan fingerprint density at radius 2 is 1.41 bits per heavy atom. The van der Waals surface area contributed by atoms with Gasteiger partial charge in [-0.25, -0.2) is 0 Å². The van der Waals surface area contributed by atoms with E-state index in [2.05, 4.69) is 0 Å². The van der Waals surface area contributed by atoms with Crippen molar-refractivity contribution in [2.24, 2.45) is 23.7 Å². The number of hydrogen-bond acceptors (Lipinski definition) is 11. The number of ether oxygens (including phenoxy) is 5. The number of esters is 1. The van der Waals surface area contributed by atoms with Crippen LogP contribution in [-0.2, 0) is 33.3 Å². The van der Waals surface area contributed by atoms with Crippen molar-refractivity contribution in [3.63, 3.8) is 0 Å². The number of ketones is 1. The molecule has 0 amide bonds. The summed E-state index contributed by atoms with van der Waals surface area (Å²) in [6.45, 7) is 3.42. The van der Waals surface area contributed by atoms with E-state index in [1.165, 1.54) is 6.92 Å². The van der Waals surface area contributed by atoms with Crippen molar-refractivity contribution in [1.82, 2.24) is 0 Å². The van der Waals surface area contributed by atoms with Crippen LogP contribution in [0.2, 0.25) is 0 Å². The molecule has 5 fully saturated rings. The topological polar surface area (TPSA) is 101 Å². The van der Waals surface area contributed by atoms with Gasteiger partial charge in [0.05, 0.1) is 50.3 Å². The maximum atomic E-state index is 13.9. The molecule has 5 aliphatic heterocycles. The largest absolute Gasteiger partial charge is 0.461 e. The zero-order chi connectivity index (χ0) is 23.8. The minimum Gasteiger partial charge on any atom is -0.461 e. The maximum Gasteiger partial charge on any atom is 0.302 e. The van der Waals surface area contributed by atoms with Crippen LogP contribution in [0.1, 0.15) is 19.8 Å². The highest BCUT2D eigenvalue weighted by atomic mass is 32.2. The van der Waals surface area contributed by atoms with Crippen LogP contribution in [0.15, 0.2) is 0 Å². The fourth-order valence-electron chi connectivity index (χ4n) is 6.04. The molecule has 0 aromatic heterocycles. The van der Waals surface area contributed by atoms with Crippen LogP contribution in [0.25, 0.3) is 0 Å². The quantitative estimate of drug-likeness (QED) is 0.523. The first-order valence-electron chi connectivity index (χ1n) is 12.1. The summed E-state index contributed by atoms with van der Waals surface area (Å²) >= 11 is 5.18. The molecule has 192 valence electrons. The van der Waals surface area contributed by atoms with Crippen molar-refractivity contribution in [1.29, 1.82) is 0 Å². The molecule has 0 aromatic rings. The molecule has 2 spiro atoms. The van der Waals surface area contributed by atoms with Crippen LogP contribution >= 0.6 is 35.3 Å². The van der Waals surface area contributed by atoms with Crippen LogP contribution in [0.4, 0.5) is 0 Å². The van der Waals surface area contributed by atoms with Gasteiger partial charge in [0.25, 0.3) is 0 Å². The molecule has 5 rings (SSSR count). The molecule has 0 aromatic carbocycles. The van der Waals surface area contributed by atoms with Gasteiger partial charge in [0.1, 0.15) is 11.9 Å². The van der Waals surface area contributed by atoms with E-state index >= 15 is 0 Å². The highest BCUT2D eigenvalue weighted by molar-refractivity contribution is 7.99. The zero-order valence-corrected chi connectivity index (χ0v) is 21.9. The number of aliphatic hydroxyl groups excluding tert-OH is 1. The van der Waals surface area contributed by atoms with E-state index in [0.29, 0.717) is 62.3 Å². The van der Waals surface area contributed by atoms with Crippen LogP contribution in [-0.4, -0.2) is 102 Å². The summed E-state index contributed by atoms with van der Waals surface area (Å²) in [5.41, 5.74) is 0. The zero-order valence-electron chi connectivity index (χ0n) is 19.5. The second kappa shape index (κ2) is 10.8. The molecule has 0 unspecified atom stereocenters. The minimum atomic E-state index is -0.875. The Hall–Kier alpha value is -0.0100. The van der Waals surface area contributed by atoms with E-state index in [4.69, 9.17) is 23.7 Å². The average Bonchev–Trinajstić information content (AvgIpc) is 3.49. The van der Waals surface area contributed by atoms with Gasteiger partial charge >= 0.3 is 5.97 Å². The summed E-state index contributed by atoms with van der Waals surface area (Å²) < 4.78 is 30.1. The molecule has 8 nitrogen and oxygen atoms in total. The molecule has 0 bridgehead atoms. The minimum absolute atomic E-state index is 0.0371. The van der Waals surface area contributed by atoms with Gasteiger partial charge in [-0.15, -0.1) is 0 Å². The lowest BCUT2D eigenvalue weighted by Crippen LogP contribution is -2.58. The van der Waals surface area contributed by atoms with Gasteiger partial charge in [-0.2, -0.15) is 35.3 Å². The second-order valence-electron chi connectivity index (χ2n) is 9.60. The number of rotatable bonds is 5. The molecule has 5 aliphatic rings. The number of carbonyl (C=O) groups excluding carboxylic acids is 2. The summed E-state index contributed by atoms with van der Waals surface area (Å²) in [6, 6.07) is 0. The Labute approximate surface area is 213 Å². The lowest BCUT2D eigenvalue weighted by molar-refractivity contribution is -0.225. The number of aliphatic hydroxyl groups is 1. The Morgan fingerprint density at radius 1 is 0.882 bits per heavy atom. The molecule has 34 heavy (non-hydrogen) atoms. The second-order valence-corrected chi connectivity index (χ2v) is 13.0. The van der Waals surface area contributed by atoms with Crippen LogP contribution in [0.3, 0.4) is 0 Å². The molecule has 5 saturated heterocycles. The molecule has 1 N–H and O–H groups in total. The number of carbonyl (C=O) groups is 2. The molecule has 0 aliphatic carbocycles. The standard InChI is InChI=1S/C23H34O8S3/c1-14(24)31-21(18-13-33-9-3-23(18)29-6-7-30-23)16-11-34-10-15(19(16)25)20(26)17-12-32-8-2-22(17)27-4-5-28-22/h15-18,20-21,26H,2-13H2,1H3/t15-,16-,17+,18-,20-,21+/m1/s1. The van der Waals surface area contributed by atoms with Gasteiger partial charge in [-0.1, -0.05) is 0 Å². The molecule has 0 saturated carbocycles. The third-order valence-corrected chi connectivity index (χ3v) is 11.1. The Morgan fingerprint density at radius 3 is 2.00 bits per heavy atom. The number of hydrogen-bond donors (Lipinski definition) is 1. The molecule has 11 heteroatoms. The van der Waals surface area contributed by atoms with Crippen molar-refractivity contribution < 1.29 is 38.4 Å². The molecular formula is C23H34O8S3. The van der Waals surface area contributed by atoms with Gasteiger partial charge in [-0.3, -0.25) is 9.59 Å². The predicted octanol–water partition coefficient (Wildman–Crippen LogP) is 1.82. The number of Topliss-reactive ketones (excluding diaryl/α,β-unsaturated/α-hetero) is 1. The smallest absolute Gasteiger partial charge is 0.302 e. The van der Waals surface area contributed by atoms with Gasteiger partial charge in [0.2, 0.25) is 0 Å². The van der Waals surface area contributed by atoms with Crippen LogP contribution in [0, 0.1) is 23.7 Å². The van der Waals surface area contributed by atoms with Gasteiger partial charge in [0.15, 0.2) is 11.6 Å². The summed E-state index contributed by atoms with van der Waals surface area (Å²) in [5.74, 6) is 0.650. The Balaban J connectivity index is 1.38. The molecular weight excluding hydrogens is 500 g/mol. The fourth-order valence-corrected chi connectivity index (χ4v) is 9.99. The highest BCUT2D eigenvalue weighted by Crippen LogP contribution is 2.47. The Kier molecular flexibility index (Phi) is 8.12. The van der Waals surface area contributed by atoms with E-state index in [9.17, 15) is 14.7 Å². The monoisotopic (exact) mass is 534 g/mol. The summed E-state index contributed by atoms with van der Waals surface area (Å²) in [4.78, 5) is 26.1. The van der Waals surface area contributed by atoms with Crippen molar-refractivity contribution >= 4 is 47.0 Å². The van der Waals surface area contributed by atoms with E-state index in [-0.39, 0.29) is 17.6 Å². The van der Waals surface area contributed by atoms with Gasteiger partial charge in [-0.05, 0) is 11.5 Å².